The largest absolute Gasteiger partial charge is 0.493 e. The van der Waals surface area contributed by atoms with E-state index in [1.165, 1.54) is 27.2 Å². The molecular weight excluding hydrogens is 273 g/mol. The normalized spacial score (nSPS) is 11.5. The molecule has 2 rings (SSSR count). The van der Waals surface area contributed by atoms with Gasteiger partial charge < -0.3 is 9.47 Å². The Balaban J connectivity index is 2.72. The fraction of sp³-hybridized carbons (Fsp3) is 0.308. The third-order valence-electron chi connectivity index (χ3n) is 2.89. The summed E-state index contributed by atoms with van der Waals surface area (Å²) < 4.78 is 49.3. The quantitative estimate of drug-likeness (QED) is 0.940. The second kappa shape index (κ2) is 5.07. The number of nitrogens with zero attached hydrogens (tertiary/aromatic N) is 1. The summed E-state index contributed by atoms with van der Waals surface area (Å²) in [5.41, 5.74) is -0.413. The van der Waals surface area contributed by atoms with Crippen molar-refractivity contribution in [1.82, 2.24) is 10.2 Å². The second-order valence-corrected chi connectivity index (χ2v) is 4.11. The van der Waals surface area contributed by atoms with Crippen LogP contribution in [0.25, 0.3) is 11.1 Å². The van der Waals surface area contributed by atoms with Crippen molar-refractivity contribution in [2.24, 2.45) is 0 Å². The molecule has 0 fully saturated rings. The third-order valence-corrected chi connectivity index (χ3v) is 2.89. The number of benzene rings is 1. The molecule has 4 nitrogen and oxygen atoms in total. The van der Waals surface area contributed by atoms with Crippen molar-refractivity contribution in [2.45, 2.75) is 13.1 Å². The van der Waals surface area contributed by atoms with Crippen LogP contribution in [0.5, 0.6) is 11.5 Å². The van der Waals surface area contributed by atoms with Crippen LogP contribution in [0, 0.1) is 6.92 Å². The van der Waals surface area contributed by atoms with Gasteiger partial charge in [-0.25, -0.2) is 0 Å². The number of aromatic amines is 1. The minimum Gasteiger partial charge on any atom is -0.493 e. The molecule has 1 heterocycles. The van der Waals surface area contributed by atoms with Gasteiger partial charge in [0.15, 0.2) is 17.2 Å². The molecule has 0 spiro atoms. The van der Waals surface area contributed by atoms with Crippen LogP contribution in [0.15, 0.2) is 18.2 Å². The molecule has 1 N–H and O–H groups in total. The molecule has 0 radical (unpaired) electrons. The van der Waals surface area contributed by atoms with Gasteiger partial charge in [0, 0.05) is 16.8 Å². The van der Waals surface area contributed by atoms with E-state index in [0.717, 1.165) is 0 Å². The van der Waals surface area contributed by atoms with Gasteiger partial charge in [0.25, 0.3) is 0 Å². The summed E-state index contributed by atoms with van der Waals surface area (Å²) in [5, 5.41) is 5.71. The maximum absolute atomic E-state index is 13.0. The van der Waals surface area contributed by atoms with E-state index < -0.39 is 11.9 Å². The van der Waals surface area contributed by atoms with E-state index in [2.05, 4.69) is 10.2 Å². The highest BCUT2D eigenvalue weighted by Gasteiger charge is 2.38. The van der Waals surface area contributed by atoms with Crippen molar-refractivity contribution < 1.29 is 22.6 Å². The van der Waals surface area contributed by atoms with Gasteiger partial charge in [-0.15, -0.1) is 0 Å². The monoisotopic (exact) mass is 286 g/mol. The van der Waals surface area contributed by atoms with E-state index in [9.17, 15) is 13.2 Å². The first-order valence-corrected chi connectivity index (χ1v) is 5.73. The third kappa shape index (κ3) is 2.31. The van der Waals surface area contributed by atoms with E-state index in [1.54, 1.807) is 12.1 Å². The SMILES string of the molecule is COc1cccc(-c2c(C(F)(F)F)n[nH]c2C)c1OC. The molecular formula is C13H13F3N2O2. The van der Waals surface area contributed by atoms with Crippen molar-refractivity contribution in [3.8, 4) is 22.6 Å². The van der Waals surface area contributed by atoms with Gasteiger partial charge in [0.2, 0.25) is 0 Å². The Morgan fingerprint density at radius 3 is 2.40 bits per heavy atom. The molecule has 0 amide bonds. The van der Waals surface area contributed by atoms with E-state index in [-0.39, 0.29) is 16.9 Å². The number of H-pyrrole nitrogens is 1. The molecule has 0 unspecified atom stereocenters. The highest BCUT2D eigenvalue weighted by molar-refractivity contribution is 5.77. The van der Waals surface area contributed by atoms with Gasteiger partial charge in [-0.05, 0) is 13.0 Å². The van der Waals surface area contributed by atoms with Gasteiger partial charge in [-0.3, -0.25) is 5.10 Å². The highest BCUT2D eigenvalue weighted by atomic mass is 19.4. The number of nitrogens with one attached hydrogen (secondary N) is 1. The van der Waals surface area contributed by atoms with Crippen LogP contribution < -0.4 is 9.47 Å². The predicted octanol–water partition coefficient (Wildman–Crippen LogP) is 3.42. The number of methoxy groups -OCH3 is 2. The van der Waals surface area contributed by atoms with Crippen molar-refractivity contribution >= 4 is 0 Å². The first-order chi connectivity index (χ1) is 9.40. The number of alkyl halides is 3. The smallest absolute Gasteiger partial charge is 0.435 e. The van der Waals surface area contributed by atoms with Crippen molar-refractivity contribution in [3.63, 3.8) is 0 Å². The number of hydrogen-bond donors (Lipinski definition) is 1. The number of rotatable bonds is 3. The molecule has 0 aliphatic rings. The Labute approximate surface area is 113 Å². The molecule has 1 aromatic carbocycles. The molecule has 1 aromatic heterocycles. The summed E-state index contributed by atoms with van der Waals surface area (Å²) >= 11 is 0. The van der Waals surface area contributed by atoms with Crippen molar-refractivity contribution in [1.29, 1.82) is 0 Å². The van der Waals surface area contributed by atoms with E-state index in [0.29, 0.717) is 11.4 Å². The average molecular weight is 286 g/mol. The summed E-state index contributed by atoms with van der Waals surface area (Å²) in [7, 11) is 2.80. The van der Waals surface area contributed by atoms with Crippen molar-refractivity contribution in [3.05, 3.63) is 29.6 Å². The van der Waals surface area contributed by atoms with Gasteiger partial charge in [0.05, 0.1) is 14.2 Å². The van der Waals surface area contributed by atoms with Gasteiger partial charge >= 0.3 is 6.18 Å². The Kier molecular flexibility index (Phi) is 3.61. The molecule has 0 saturated heterocycles. The molecule has 0 aliphatic carbocycles. The molecule has 2 aromatic rings. The van der Waals surface area contributed by atoms with E-state index in [1.807, 2.05) is 0 Å². The Morgan fingerprint density at radius 1 is 1.15 bits per heavy atom. The lowest BCUT2D eigenvalue weighted by Crippen LogP contribution is -2.08. The number of aromatic nitrogens is 2. The molecule has 108 valence electrons. The zero-order chi connectivity index (χ0) is 14.9. The number of ether oxygens (including phenoxy) is 2. The number of aryl methyl sites for hydroxylation is 1. The van der Waals surface area contributed by atoms with Crippen LogP contribution in [0.1, 0.15) is 11.4 Å². The fourth-order valence-electron chi connectivity index (χ4n) is 2.05. The summed E-state index contributed by atoms with van der Waals surface area (Å²) in [5.74, 6) is 0.601. The first-order valence-electron chi connectivity index (χ1n) is 5.73. The van der Waals surface area contributed by atoms with Gasteiger partial charge in [-0.2, -0.15) is 18.3 Å². The molecule has 0 atom stereocenters. The highest BCUT2D eigenvalue weighted by Crippen LogP contribution is 2.43. The maximum atomic E-state index is 13.0. The van der Waals surface area contributed by atoms with Crippen molar-refractivity contribution in [2.75, 3.05) is 14.2 Å². The lowest BCUT2D eigenvalue weighted by atomic mass is 10.0. The maximum Gasteiger partial charge on any atom is 0.435 e. The minimum atomic E-state index is -4.55. The number of para-hydroxylation sites is 1. The molecule has 0 aliphatic heterocycles. The predicted molar refractivity (Wildman–Crippen MR) is 66.9 cm³/mol. The van der Waals surface area contributed by atoms with Crippen LogP contribution in [0.2, 0.25) is 0 Å². The van der Waals surface area contributed by atoms with Crippen LogP contribution in [-0.4, -0.2) is 24.4 Å². The summed E-state index contributed by atoms with van der Waals surface area (Å²) in [6, 6.07) is 4.75. The first kappa shape index (κ1) is 14.2. The Hall–Kier alpha value is -2.18. The number of halogens is 3. The van der Waals surface area contributed by atoms with Crippen LogP contribution in [0.4, 0.5) is 13.2 Å². The topological polar surface area (TPSA) is 47.1 Å². The molecule has 20 heavy (non-hydrogen) atoms. The standard InChI is InChI=1S/C13H13F3N2O2/c1-7-10(12(18-17-7)13(14,15)16)8-5-4-6-9(19-2)11(8)20-3/h4-6H,1-3H3,(H,17,18). The fourth-order valence-corrected chi connectivity index (χ4v) is 2.05. The molecule has 7 heteroatoms. The van der Waals surface area contributed by atoms with Gasteiger partial charge in [-0.1, -0.05) is 12.1 Å². The lowest BCUT2D eigenvalue weighted by Gasteiger charge is -2.14. The minimum absolute atomic E-state index is 0.0340. The van der Waals surface area contributed by atoms with E-state index >= 15 is 0 Å². The second-order valence-electron chi connectivity index (χ2n) is 4.11. The summed E-state index contributed by atoms with van der Waals surface area (Å²) in [4.78, 5) is 0. The van der Waals surface area contributed by atoms with Gasteiger partial charge in [0.1, 0.15) is 0 Å². The lowest BCUT2D eigenvalue weighted by molar-refractivity contribution is -0.140. The summed E-state index contributed by atoms with van der Waals surface area (Å²) in [6.07, 6.45) is -4.55. The zero-order valence-electron chi connectivity index (χ0n) is 11.1. The van der Waals surface area contributed by atoms with Crippen LogP contribution in [-0.2, 0) is 6.18 Å². The molecule has 0 saturated carbocycles. The Bertz CT molecular complexity index is 621. The Morgan fingerprint density at radius 2 is 1.85 bits per heavy atom. The van der Waals surface area contributed by atoms with Crippen LogP contribution >= 0.6 is 0 Å². The molecule has 0 bridgehead atoms. The summed E-state index contributed by atoms with van der Waals surface area (Å²) in [6.45, 7) is 1.52. The number of hydrogen-bond acceptors (Lipinski definition) is 3. The van der Waals surface area contributed by atoms with Crippen LogP contribution in [0.3, 0.4) is 0 Å². The zero-order valence-corrected chi connectivity index (χ0v) is 11.1. The van der Waals surface area contributed by atoms with E-state index in [4.69, 9.17) is 9.47 Å². The average Bonchev–Trinajstić information content (AvgIpc) is 2.79.